The van der Waals surface area contributed by atoms with Gasteiger partial charge in [0.2, 0.25) is 5.91 Å². The molecule has 0 radical (unpaired) electrons. The molecule has 3 aliphatic rings. The number of hydrogen-bond donors (Lipinski definition) is 2. The van der Waals surface area contributed by atoms with Crippen molar-refractivity contribution in [1.82, 2.24) is 15.8 Å². The quantitative estimate of drug-likeness (QED) is 0.897. The van der Waals surface area contributed by atoms with Gasteiger partial charge in [-0.15, -0.1) is 0 Å². The molecule has 2 N–H and O–H groups in total. The van der Waals surface area contributed by atoms with Gasteiger partial charge >= 0.3 is 0 Å². The van der Waals surface area contributed by atoms with Gasteiger partial charge in [-0.05, 0) is 36.0 Å². The van der Waals surface area contributed by atoms with Gasteiger partial charge < -0.3 is 4.90 Å². The maximum Gasteiger partial charge on any atom is 0.225 e. The van der Waals surface area contributed by atoms with Crippen molar-refractivity contribution in [1.29, 1.82) is 0 Å². The molecule has 1 aliphatic carbocycles. The molecule has 2 aromatic carbocycles. The van der Waals surface area contributed by atoms with Gasteiger partial charge in [0.05, 0.1) is 6.04 Å². The van der Waals surface area contributed by atoms with Gasteiger partial charge in [0, 0.05) is 31.0 Å². The molecule has 134 valence electrons. The molecule has 2 aromatic rings. The Morgan fingerprint density at radius 2 is 1.62 bits per heavy atom. The van der Waals surface area contributed by atoms with Crippen LogP contribution in [0.2, 0.25) is 0 Å². The SMILES string of the molecule is O=C(C1CC1)N1CCC2NNC(c3ccc(-c4ccccc4)cc3)C2C1. The van der Waals surface area contributed by atoms with Crippen molar-refractivity contribution in [2.24, 2.45) is 11.8 Å². The first-order valence-corrected chi connectivity index (χ1v) is 9.75. The summed E-state index contributed by atoms with van der Waals surface area (Å²) in [6.07, 6.45) is 3.21. The molecule has 0 spiro atoms. The Bertz CT molecular complexity index is 785. The Hall–Kier alpha value is -2.17. The number of carbonyl (C=O) groups is 1. The molecule has 0 bridgehead atoms. The first-order valence-electron chi connectivity index (χ1n) is 9.75. The van der Waals surface area contributed by atoms with Gasteiger partial charge in [0.25, 0.3) is 0 Å². The van der Waals surface area contributed by atoms with E-state index in [-0.39, 0.29) is 6.04 Å². The molecule has 2 heterocycles. The lowest BCUT2D eigenvalue weighted by Crippen LogP contribution is -2.48. The first-order chi connectivity index (χ1) is 12.8. The van der Waals surface area contributed by atoms with Gasteiger partial charge in [-0.3, -0.25) is 10.2 Å². The number of benzene rings is 2. The molecule has 4 heteroatoms. The zero-order valence-electron chi connectivity index (χ0n) is 14.9. The van der Waals surface area contributed by atoms with Crippen molar-refractivity contribution in [3.05, 3.63) is 60.2 Å². The Morgan fingerprint density at radius 1 is 0.885 bits per heavy atom. The Kier molecular flexibility index (Phi) is 4.03. The normalized spacial score (nSPS) is 28.0. The largest absolute Gasteiger partial charge is 0.342 e. The molecule has 2 saturated heterocycles. The number of carbonyl (C=O) groups excluding carboxylic acids is 1. The molecule has 26 heavy (non-hydrogen) atoms. The molecule has 2 aliphatic heterocycles. The monoisotopic (exact) mass is 347 g/mol. The van der Waals surface area contributed by atoms with E-state index in [0.29, 0.717) is 23.8 Å². The van der Waals surface area contributed by atoms with Gasteiger partial charge in [0.15, 0.2) is 0 Å². The topological polar surface area (TPSA) is 44.4 Å². The van der Waals surface area contributed by atoms with Crippen LogP contribution >= 0.6 is 0 Å². The highest BCUT2D eigenvalue weighted by Gasteiger charge is 2.43. The lowest BCUT2D eigenvalue weighted by molar-refractivity contribution is -0.134. The van der Waals surface area contributed by atoms with E-state index in [9.17, 15) is 4.79 Å². The van der Waals surface area contributed by atoms with Gasteiger partial charge in [-0.1, -0.05) is 54.6 Å². The molecule has 3 unspecified atom stereocenters. The minimum absolute atomic E-state index is 0.264. The molecular formula is C22H25N3O. The number of hydrazine groups is 1. The number of fused-ring (bicyclic) bond motifs is 1. The summed E-state index contributed by atoms with van der Waals surface area (Å²) in [7, 11) is 0. The van der Waals surface area contributed by atoms with Crippen molar-refractivity contribution < 1.29 is 4.79 Å². The second kappa shape index (κ2) is 6.53. The van der Waals surface area contributed by atoms with Crippen LogP contribution in [0.15, 0.2) is 54.6 Å². The van der Waals surface area contributed by atoms with E-state index in [1.807, 2.05) is 6.07 Å². The molecule has 0 aromatic heterocycles. The average molecular weight is 347 g/mol. The van der Waals surface area contributed by atoms with Crippen LogP contribution in [-0.2, 0) is 4.79 Å². The van der Waals surface area contributed by atoms with Crippen LogP contribution < -0.4 is 10.9 Å². The van der Waals surface area contributed by atoms with Crippen molar-refractivity contribution in [2.45, 2.75) is 31.3 Å². The van der Waals surface area contributed by atoms with Crippen LogP contribution in [0.3, 0.4) is 0 Å². The van der Waals surface area contributed by atoms with Crippen molar-refractivity contribution in [2.75, 3.05) is 13.1 Å². The van der Waals surface area contributed by atoms with E-state index in [1.165, 1.54) is 16.7 Å². The highest BCUT2D eigenvalue weighted by Crippen LogP contribution is 2.37. The summed E-state index contributed by atoms with van der Waals surface area (Å²) in [5, 5.41) is 0. The van der Waals surface area contributed by atoms with E-state index < -0.39 is 0 Å². The summed E-state index contributed by atoms with van der Waals surface area (Å²) in [5.41, 5.74) is 10.7. The fourth-order valence-corrected chi connectivity index (χ4v) is 4.44. The Morgan fingerprint density at radius 3 is 2.35 bits per heavy atom. The summed E-state index contributed by atoms with van der Waals surface area (Å²) in [4.78, 5) is 14.6. The van der Waals surface area contributed by atoms with Crippen LogP contribution in [0.25, 0.3) is 11.1 Å². The van der Waals surface area contributed by atoms with Crippen LogP contribution in [-0.4, -0.2) is 29.9 Å². The zero-order valence-corrected chi connectivity index (χ0v) is 14.9. The fourth-order valence-electron chi connectivity index (χ4n) is 4.44. The maximum atomic E-state index is 12.5. The Labute approximate surface area is 154 Å². The van der Waals surface area contributed by atoms with Crippen LogP contribution in [0.1, 0.15) is 30.9 Å². The maximum absolute atomic E-state index is 12.5. The number of nitrogens with zero attached hydrogens (tertiary/aromatic N) is 1. The fraction of sp³-hybridized carbons (Fsp3) is 0.409. The zero-order chi connectivity index (χ0) is 17.5. The lowest BCUT2D eigenvalue weighted by atomic mass is 9.84. The Balaban J connectivity index is 1.34. The molecule has 1 amide bonds. The number of likely N-dealkylation sites (tertiary alicyclic amines) is 1. The second-order valence-electron chi connectivity index (χ2n) is 7.87. The summed E-state index contributed by atoms with van der Waals surface area (Å²) in [6.45, 7) is 1.76. The highest BCUT2D eigenvalue weighted by atomic mass is 16.2. The van der Waals surface area contributed by atoms with E-state index >= 15 is 0 Å². The minimum atomic E-state index is 0.264. The van der Waals surface area contributed by atoms with Crippen molar-refractivity contribution in [3.8, 4) is 11.1 Å². The molecule has 3 atom stereocenters. The standard InChI is InChI=1S/C22H25N3O/c26-22(18-10-11-18)25-13-12-20-19(14-25)21(24-23-20)17-8-6-16(7-9-17)15-4-2-1-3-5-15/h1-9,18-21,23-24H,10-14H2. The predicted octanol–water partition coefficient (Wildman–Crippen LogP) is 3.13. The number of rotatable bonds is 3. The van der Waals surface area contributed by atoms with Crippen LogP contribution in [0.4, 0.5) is 0 Å². The first kappa shape index (κ1) is 16.0. The molecule has 5 rings (SSSR count). The van der Waals surface area contributed by atoms with Gasteiger partial charge in [0.1, 0.15) is 0 Å². The minimum Gasteiger partial charge on any atom is -0.342 e. The summed E-state index contributed by atoms with van der Waals surface area (Å²) in [5.74, 6) is 1.14. The summed E-state index contributed by atoms with van der Waals surface area (Å²) >= 11 is 0. The van der Waals surface area contributed by atoms with Crippen LogP contribution in [0, 0.1) is 11.8 Å². The van der Waals surface area contributed by atoms with E-state index in [0.717, 1.165) is 32.4 Å². The van der Waals surface area contributed by atoms with E-state index in [4.69, 9.17) is 0 Å². The number of amides is 1. The average Bonchev–Trinajstić information content (AvgIpc) is 3.47. The van der Waals surface area contributed by atoms with Crippen LogP contribution in [0.5, 0.6) is 0 Å². The predicted molar refractivity (Wildman–Crippen MR) is 102 cm³/mol. The van der Waals surface area contributed by atoms with E-state index in [2.05, 4.69) is 64.3 Å². The third-order valence-corrected chi connectivity index (χ3v) is 6.13. The third-order valence-electron chi connectivity index (χ3n) is 6.13. The van der Waals surface area contributed by atoms with Gasteiger partial charge in [-0.25, -0.2) is 5.43 Å². The summed E-state index contributed by atoms with van der Waals surface area (Å²) in [6, 6.07) is 20.1. The molecule has 1 saturated carbocycles. The van der Waals surface area contributed by atoms with Crippen molar-refractivity contribution in [3.63, 3.8) is 0 Å². The lowest BCUT2D eigenvalue weighted by Gasteiger charge is -2.36. The van der Waals surface area contributed by atoms with E-state index in [1.54, 1.807) is 0 Å². The molecule has 3 fully saturated rings. The number of hydrogen-bond acceptors (Lipinski definition) is 3. The molecular weight excluding hydrogens is 322 g/mol. The molecule has 4 nitrogen and oxygen atoms in total. The van der Waals surface area contributed by atoms with Crippen molar-refractivity contribution >= 4 is 5.91 Å². The smallest absolute Gasteiger partial charge is 0.225 e. The second-order valence-corrected chi connectivity index (χ2v) is 7.87. The number of nitrogens with one attached hydrogen (secondary N) is 2. The number of piperidine rings is 1. The third kappa shape index (κ3) is 2.93. The van der Waals surface area contributed by atoms with Gasteiger partial charge in [-0.2, -0.15) is 0 Å². The summed E-state index contributed by atoms with van der Waals surface area (Å²) < 4.78 is 0. The highest BCUT2D eigenvalue weighted by molar-refractivity contribution is 5.81.